The molecule has 5 heteroatoms. The third-order valence-corrected chi connectivity index (χ3v) is 3.20. The normalized spacial score (nSPS) is 12.4. The number of rotatable bonds is 8. The Labute approximate surface area is 115 Å². The SMILES string of the molecule is CCCCC(CCC)n1c(C)nnc1C(=O)OCC. The van der Waals surface area contributed by atoms with Crippen LogP contribution in [0.3, 0.4) is 0 Å². The van der Waals surface area contributed by atoms with E-state index in [0.29, 0.717) is 18.5 Å². The predicted molar refractivity (Wildman–Crippen MR) is 74.2 cm³/mol. The summed E-state index contributed by atoms with van der Waals surface area (Å²) in [6.07, 6.45) is 5.45. The molecule has 1 heterocycles. The van der Waals surface area contributed by atoms with Crippen LogP contribution in [0.2, 0.25) is 0 Å². The average Bonchev–Trinajstić information content (AvgIpc) is 2.77. The monoisotopic (exact) mass is 267 g/mol. The number of carbonyl (C=O) groups excluding carboxylic acids is 1. The molecule has 0 spiro atoms. The van der Waals surface area contributed by atoms with Crippen LogP contribution in [0.1, 0.15) is 75.4 Å². The summed E-state index contributed by atoms with van der Waals surface area (Å²) in [7, 11) is 0. The lowest BCUT2D eigenvalue weighted by Crippen LogP contribution is -2.19. The van der Waals surface area contributed by atoms with Crippen LogP contribution in [0.15, 0.2) is 0 Å². The van der Waals surface area contributed by atoms with Crippen LogP contribution in [0.25, 0.3) is 0 Å². The van der Waals surface area contributed by atoms with Gasteiger partial charge >= 0.3 is 5.97 Å². The smallest absolute Gasteiger partial charge is 0.376 e. The van der Waals surface area contributed by atoms with Gasteiger partial charge in [0.1, 0.15) is 5.82 Å². The van der Waals surface area contributed by atoms with Crippen molar-refractivity contribution in [2.45, 2.75) is 65.8 Å². The van der Waals surface area contributed by atoms with Crippen molar-refractivity contribution in [2.75, 3.05) is 6.61 Å². The first-order valence-corrected chi connectivity index (χ1v) is 7.24. The van der Waals surface area contributed by atoms with E-state index in [0.717, 1.165) is 37.9 Å². The summed E-state index contributed by atoms with van der Waals surface area (Å²) in [5.74, 6) is 0.757. The summed E-state index contributed by atoms with van der Waals surface area (Å²) in [6.45, 7) is 8.38. The zero-order chi connectivity index (χ0) is 14.3. The maximum absolute atomic E-state index is 11.9. The zero-order valence-electron chi connectivity index (χ0n) is 12.5. The Hall–Kier alpha value is -1.39. The number of hydrogen-bond acceptors (Lipinski definition) is 4. The van der Waals surface area contributed by atoms with Gasteiger partial charge in [0.05, 0.1) is 6.61 Å². The van der Waals surface area contributed by atoms with E-state index in [1.54, 1.807) is 6.92 Å². The van der Waals surface area contributed by atoms with Gasteiger partial charge in [0.25, 0.3) is 0 Å². The second kappa shape index (κ2) is 7.92. The van der Waals surface area contributed by atoms with Gasteiger partial charge < -0.3 is 9.30 Å². The Morgan fingerprint density at radius 1 is 1.21 bits per heavy atom. The van der Waals surface area contributed by atoms with E-state index in [2.05, 4.69) is 24.0 Å². The molecule has 0 saturated carbocycles. The Morgan fingerprint density at radius 2 is 1.95 bits per heavy atom. The lowest BCUT2D eigenvalue weighted by Gasteiger charge is -2.20. The van der Waals surface area contributed by atoms with Gasteiger partial charge in [-0.05, 0) is 26.7 Å². The van der Waals surface area contributed by atoms with Crippen LogP contribution in [0.5, 0.6) is 0 Å². The van der Waals surface area contributed by atoms with Gasteiger partial charge in [0.15, 0.2) is 0 Å². The van der Waals surface area contributed by atoms with Crippen LogP contribution in [-0.2, 0) is 4.74 Å². The molecule has 1 aromatic rings. The van der Waals surface area contributed by atoms with Crippen molar-refractivity contribution >= 4 is 5.97 Å². The maximum Gasteiger partial charge on any atom is 0.376 e. The summed E-state index contributed by atoms with van der Waals surface area (Å²) in [5, 5.41) is 8.03. The van der Waals surface area contributed by atoms with E-state index < -0.39 is 0 Å². The Morgan fingerprint density at radius 3 is 2.53 bits per heavy atom. The fourth-order valence-corrected chi connectivity index (χ4v) is 2.32. The van der Waals surface area contributed by atoms with Crippen LogP contribution >= 0.6 is 0 Å². The van der Waals surface area contributed by atoms with E-state index in [9.17, 15) is 4.79 Å². The van der Waals surface area contributed by atoms with Crippen molar-refractivity contribution in [1.82, 2.24) is 14.8 Å². The molecule has 0 bridgehead atoms. The molecule has 5 nitrogen and oxygen atoms in total. The molecular formula is C14H25N3O2. The number of nitrogens with zero attached hydrogens (tertiary/aromatic N) is 3. The van der Waals surface area contributed by atoms with Gasteiger partial charge in [-0.15, -0.1) is 10.2 Å². The standard InChI is InChI=1S/C14H25N3O2/c1-5-8-10-12(9-6-2)17-11(4)15-16-13(17)14(18)19-7-3/h12H,5-10H2,1-4H3. The van der Waals surface area contributed by atoms with Crippen LogP contribution in [0, 0.1) is 6.92 Å². The molecule has 1 rings (SSSR count). The van der Waals surface area contributed by atoms with Gasteiger partial charge in [-0.25, -0.2) is 4.79 Å². The third-order valence-electron chi connectivity index (χ3n) is 3.20. The number of esters is 1. The second-order valence-electron chi connectivity index (χ2n) is 4.75. The summed E-state index contributed by atoms with van der Waals surface area (Å²) >= 11 is 0. The van der Waals surface area contributed by atoms with E-state index >= 15 is 0 Å². The highest BCUT2D eigenvalue weighted by molar-refractivity contribution is 5.85. The molecule has 1 aromatic heterocycles. The highest BCUT2D eigenvalue weighted by Crippen LogP contribution is 2.24. The van der Waals surface area contributed by atoms with E-state index in [1.165, 1.54) is 0 Å². The highest BCUT2D eigenvalue weighted by atomic mass is 16.5. The number of carbonyl (C=O) groups is 1. The first kappa shape index (κ1) is 15.7. The molecule has 1 unspecified atom stereocenters. The van der Waals surface area contributed by atoms with Crippen molar-refractivity contribution < 1.29 is 9.53 Å². The third kappa shape index (κ3) is 4.04. The number of aromatic nitrogens is 3. The fraction of sp³-hybridized carbons (Fsp3) is 0.786. The van der Waals surface area contributed by atoms with E-state index in [1.807, 2.05) is 11.5 Å². The van der Waals surface area contributed by atoms with Gasteiger partial charge in [-0.3, -0.25) is 0 Å². The van der Waals surface area contributed by atoms with Crippen molar-refractivity contribution in [3.05, 3.63) is 11.6 Å². The molecule has 0 radical (unpaired) electrons. The molecule has 0 fully saturated rings. The topological polar surface area (TPSA) is 57.0 Å². The molecular weight excluding hydrogens is 242 g/mol. The number of ether oxygens (including phenoxy) is 1. The van der Waals surface area contributed by atoms with Crippen LogP contribution in [0.4, 0.5) is 0 Å². The summed E-state index contributed by atoms with van der Waals surface area (Å²) < 4.78 is 7.01. The average molecular weight is 267 g/mol. The van der Waals surface area contributed by atoms with Gasteiger partial charge in [0.2, 0.25) is 5.82 Å². The van der Waals surface area contributed by atoms with Gasteiger partial charge in [-0.2, -0.15) is 0 Å². The Balaban J connectivity index is 2.99. The summed E-state index contributed by atoms with van der Waals surface area (Å²) in [4.78, 5) is 11.9. The Bertz CT molecular complexity index is 401. The maximum atomic E-state index is 11.9. The van der Waals surface area contributed by atoms with E-state index in [-0.39, 0.29) is 5.97 Å². The Kier molecular flexibility index (Phi) is 6.53. The molecule has 0 aliphatic rings. The lowest BCUT2D eigenvalue weighted by molar-refractivity contribution is 0.0501. The molecule has 0 saturated heterocycles. The summed E-state index contributed by atoms with van der Waals surface area (Å²) in [5.41, 5.74) is 0. The summed E-state index contributed by atoms with van der Waals surface area (Å²) in [6, 6.07) is 0.291. The van der Waals surface area contributed by atoms with Crippen molar-refractivity contribution in [2.24, 2.45) is 0 Å². The molecule has 0 N–H and O–H groups in total. The minimum Gasteiger partial charge on any atom is -0.460 e. The molecule has 0 amide bonds. The number of hydrogen-bond donors (Lipinski definition) is 0. The van der Waals surface area contributed by atoms with Crippen LogP contribution < -0.4 is 0 Å². The van der Waals surface area contributed by atoms with Crippen molar-refractivity contribution in [3.8, 4) is 0 Å². The second-order valence-corrected chi connectivity index (χ2v) is 4.75. The fourth-order valence-electron chi connectivity index (χ4n) is 2.32. The van der Waals surface area contributed by atoms with Crippen molar-refractivity contribution in [1.29, 1.82) is 0 Å². The molecule has 108 valence electrons. The van der Waals surface area contributed by atoms with Gasteiger partial charge in [0, 0.05) is 6.04 Å². The first-order chi connectivity index (χ1) is 9.15. The molecule has 1 atom stereocenters. The quantitative estimate of drug-likeness (QED) is 0.678. The highest BCUT2D eigenvalue weighted by Gasteiger charge is 2.23. The predicted octanol–water partition coefficient (Wildman–Crippen LogP) is 3.29. The van der Waals surface area contributed by atoms with Gasteiger partial charge in [-0.1, -0.05) is 33.1 Å². The lowest BCUT2D eigenvalue weighted by atomic mass is 10.0. The minimum atomic E-state index is -0.374. The minimum absolute atomic E-state index is 0.291. The van der Waals surface area contributed by atoms with E-state index in [4.69, 9.17) is 4.74 Å². The molecule has 19 heavy (non-hydrogen) atoms. The first-order valence-electron chi connectivity index (χ1n) is 7.24. The van der Waals surface area contributed by atoms with Crippen molar-refractivity contribution in [3.63, 3.8) is 0 Å². The number of aryl methyl sites for hydroxylation is 1. The van der Waals surface area contributed by atoms with Crippen LogP contribution in [-0.4, -0.2) is 27.3 Å². The number of unbranched alkanes of at least 4 members (excludes halogenated alkanes) is 1. The largest absolute Gasteiger partial charge is 0.460 e. The zero-order valence-corrected chi connectivity index (χ0v) is 12.5. The molecule has 0 aliphatic carbocycles. The molecule has 0 aliphatic heterocycles. The molecule has 0 aromatic carbocycles.